The van der Waals surface area contributed by atoms with Crippen molar-refractivity contribution in [2.45, 2.75) is 32.7 Å². The summed E-state index contributed by atoms with van der Waals surface area (Å²) in [6.45, 7) is 6.12. The van der Waals surface area contributed by atoms with Gasteiger partial charge in [0.25, 0.3) is 0 Å². The smallest absolute Gasteiger partial charge is 0.227 e. The van der Waals surface area contributed by atoms with Crippen LogP contribution in [0.15, 0.2) is 24.5 Å². The summed E-state index contributed by atoms with van der Waals surface area (Å²) >= 11 is 0. The van der Waals surface area contributed by atoms with Gasteiger partial charge in [-0.05, 0) is 37.3 Å². The van der Waals surface area contributed by atoms with E-state index >= 15 is 0 Å². The van der Waals surface area contributed by atoms with Gasteiger partial charge in [-0.1, -0.05) is 6.07 Å². The number of hydrogen-bond acceptors (Lipinski definition) is 4. The summed E-state index contributed by atoms with van der Waals surface area (Å²) in [5.41, 5.74) is 0.999. The monoisotopic (exact) mass is 345 g/mol. The Labute approximate surface area is 149 Å². The molecule has 0 unspecified atom stereocenters. The van der Waals surface area contributed by atoms with E-state index in [4.69, 9.17) is 4.74 Å². The molecule has 0 aromatic carbocycles. The number of hydrogen-bond donors (Lipinski definition) is 0. The molecule has 1 aromatic rings. The van der Waals surface area contributed by atoms with Crippen LogP contribution in [0.1, 0.15) is 31.7 Å². The molecule has 2 aliphatic heterocycles. The molecule has 0 radical (unpaired) electrons. The van der Waals surface area contributed by atoms with Gasteiger partial charge in [-0.2, -0.15) is 0 Å². The van der Waals surface area contributed by atoms with E-state index in [1.807, 2.05) is 24.0 Å². The van der Waals surface area contributed by atoms with Crippen LogP contribution >= 0.6 is 0 Å². The van der Waals surface area contributed by atoms with E-state index in [1.165, 1.54) is 0 Å². The molecule has 25 heavy (non-hydrogen) atoms. The summed E-state index contributed by atoms with van der Waals surface area (Å²) in [5.74, 6) is 0.477. The number of rotatable bonds is 6. The van der Waals surface area contributed by atoms with Crippen LogP contribution in [0, 0.1) is 11.8 Å². The average Bonchev–Trinajstić information content (AvgIpc) is 3.01. The van der Waals surface area contributed by atoms with E-state index in [9.17, 15) is 9.59 Å². The molecule has 2 fully saturated rings. The van der Waals surface area contributed by atoms with E-state index in [2.05, 4.69) is 4.98 Å². The molecule has 136 valence electrons. The summed E-state index contributed by atoms with van der Waals surface area (Å²) < 4.78 is 5.40. The summed E-state index contributed by atoms with van der Waals surface area (Å²) in [6.07, 6.45) is 5.84. The quantitative estimate of drug-likeness (QED) is 0.787. The summed E-state index contributed by atoms with van der Waals surface area (Å²) in [5, 5.41) is 0. The zero-order chi connectivity index (χ0) is 17.6. The molecule has 1 atom stereocenters. The number of carbonyl (C=O) groups is 2. The maximum Gasteiger partial charge on any atom is 0.227 e. The first-order valence-electron chi connectivity index (χ1n) is 9.20. The van der Waals surface area contributed by atoms with Crippen LogP contribution in [0.25, 0.3) is 0 Å². The highest BCUT2D eigenvalue weighted by Gasteiger charge is 2.36. The molecule has 0 N–H and O–H groups in total. The Hall–Kier alpha value is -1.95. The lowest BCUT2D eigenvalue weighted by Gasteiger charge is -2.30. The largest absolute Gasteiger partial charge is 0.381 e. The van der Waals surface area contributed by atoms with Gasteiger partial charge >= 0.3 is 0 Å². The van der Waals surface area contributed by atoms with E-state index in [-0.39, 0.29) is 17.7 Å². The number of ether oxygens (including phenoxy) is 1. The van der Waals surface area contributed by atoms with Gasteiger partial charge in [0.05, 0.1) is 5.92 Å². The van der Waals surface area contributed by atoms with Crippen LogP contribution in [-0.4, -0.2) is 59.4 Å². The first-order chi connectivity index (χ1) is 12.2. The van der Waals surface area contributed by atoms with Crippen LogP contribution in [0.3, 0.4) is 0 Å². The fraction of sp³-hybridized carbons (Fsp3) is 0.632. The van der Waals surface area contributed by atoms with Crippen molar-refractivity contribution in [2.75, 3.05) is 32.8 Å². The Balaban J connectivity index is 1.57. The lowest BCUT2D eigenvalue weighted by atomic mass is 9.98. The minimum absolute atomic E-state index is 0.0596. The van der Waals surface area contributed by atoms with Crippen molar-refractivity contribution in [1.82, 2.24) is 14.8 Å². The number of nitrogens with zero attached hydrogens (tertiary/aromatic N) is 3. The van der Waals surface area contributed by atoms with E-state index < -0.39 is 0 Å². The molecule has 0 saturated carbocycles. The zero-order valence-electron chi connectivity index (χ0n) is 14.9. The van der Waals surface area contributed by atoms with Gasteiger partial charge in [0, 0.05) is 58.2 Å². The molecule has 0 spiro atoms. The van der Waals surface area contributed by atoms with Gasteiger partial charge in [-0.15, -0.1) is 0 Å². The average molecular weight is 345 g/mol. The van der Waals surface area contributed by atoms with Crippen molar-refractivity contribution in [3.63, 3.8) is 0 Å². The fourth-order valence-electron chi connectivity index (χ4n) is 3.68. The maximum atomic E-state index is 12.9. The lowest BCUT2D eigenvalue weighted by molar-refractivity contribution is -0.136. The normalized spacial score (nSPS) is 21.6. The zero-order valence-corrected chi connectivity index (χ0v) is 14.9. The van der Waals surface area contributed by atoms with Gasteiger partial charge in [-0.3, -0.25) is 14.6 Å². The molecule has 0 aliphatic carbocycles. The van der Waals surface area contributed by atoms with Crippen LogP contribution in [0.4, 0.5) is 0 Å². The summed E-state index contributed by atoms with van der Waals surface area (Å²) in [7, 11) is 0. The Bertz CT molecular complexity index is 587. The lowest BCUT2D eigenvalue weighted by Crippen LogP contribution is -2.41. The second-order valence-electron chi connectivity index (χ2n) is 6.97. The van der Waals surface area contributed by atoms with Crippen molar-refractivity contribution in [3.8, 4) is 0 Å². The van der Waals surface area contributed by atoms with Gasteiger partial charge in [0.2, 0.25) is 11.8 Å². The summed E-state index contributed by atoms with van der Waals surface area (Å²) in [4.78, 5) is 33.0. The molecular formula is C19H27N3O3. The van der Waals surface area contributed by atoms with Crippen molar-refractivity contribution >= 4 is 11.8 Å². The van der Waals surface area contributed by atoms with Crippen molar-refractivity contribution in [3.05, 3.63) is 30.1 Å². The Morgan fingerprint density at radius 1 is 1.40 bits per heavy atom. The molecule has 6 heteroatoms. The minimum Gasteiger partial charge on any atom is -0.381 e. The summed E-state index contributed by atoms with van der Waals surface area (Å²) in [6, 6.07) is 3.82. The predicted octanol–water partition coefficient (Wildman–Crippen LogP) is 1.71. The van der Waals surface area contributed by atoms with Crippen molar-refractivity contribution in [1.29, 1.82) is 0 Å². The molecule has 2 saturated heterocycles. The van der Waals surface area contributed by atoms with Crippen LogP contribution < -0.4 is 0 Å². The highest BCUT2D eigenvalue weighted by atomic mass is 16.5. The van der Waals surface area contributed by atoms with Gasteiger partial charge in [0.15, 0.2) is 0 Å². The number of likely N-dealkylation sites (tertiary alicyclic amines) is 1. The van der Waals surface area contributed by atoms with Gasteiger partial charge in [-0.25, -0.2) is 0 Å². The Morgan fingerprint density at radius 2 is 2.20 bits per heavy atom. The van der Waals surface area contributed by atoms with Crippen molar-refractivity contribution in [2.24, 2.45) is 11.8 Å². The first kappa shape index (κ1) is 17.9. The molecule has 2 aliphatic rings. The topological polar surface area (TPSA) is 62.7 Å². The van der Waals surface area contributed by atoms with E-state index in [0.29, 0.717) is 32.0 Å². The Morgan fingerprint density at radius 3 is 2.88 bits per heavy atom. The van der Waals surface area contributed by atoms with Gasteiger partial charge < -0.3 is 14.5 Å². The highest BCUT2D eigenvalue weighted by molar-refractivity contribution is 5.89. The molecule has 6 nitrogen and oxygen atoms in total. The van der Waals surface area contributed by atoms with Crippen molar-refractivity contribution < 1.29 is 14.3 Å². The fourth-order valence-corrected chi connectivity index (χ4v) is 3.68. The second kappa shape index (κ2) is 8.43. The Kier molecular flexibility index (Phi) is 6.02. The maximum absolute atomic E-state index is 12.9. The molecule has 3 heterocycles. The standard InChI is InChI=1S/C19H27N3O3/c1-2-21(12-15-5-8-25-9-6-15)19(24)17-10-18(23)22(14-17)13-16-4-3-7-20-11-16/h3-4,7,11,15,17H,2,5-6,8-10,12-14H2,1H3/t17-/m0/s1. The van der Waals surface area contributed by atoms with Gasteiger partial charge in [0.1, 0.15) is 0 Å². The predicted molar refractivity (Wildman–Crippen MR) is 93.6 cm³/mol. The molecule has 2 amide bonds. The first-order valence-corrected chi connectivity index (χ1v) is 9.20. The third kappa shape index (κ3) is 4.57. The number of amides is 2. The minimum atomic E-state index is -0.219. The number of aromatic nitrogens is 1. The number of carbonyl (C=O) groups excluding carboxylic acids is 2. The molecule has 3 rings (SSSR count). The third-order valence-corrected chi connectivity index (χ3v) is 5.17. The van der Waals surface area contributed by atoms with Crippen LogP contribution in [0.5, 0.6) is 0 Å². The molecule has 1 aromatic heterocycles. The second-order valence-corrected chi connectivity index (χ2v) is 6.97. The SMILES string of the molecule is CCN(CC1CCOCC1)C(=O)[C@H]1CC(=O)N(Cc2cccnc2)C1. The third-order valence-electron chi connectivity index (χ3n) is 5.17. The van der Waals surface area contributed by atoms with Crippen LogP contribution in [0.2, 0.25) is 0 Å². The molecular weight excluding hydrogens is 318 g/mol. The number of pyridine rings is 1. The molecule has 0 bridgehead atoms. The highest BCUT2D eigenvalue weighted by Crippen LogP contribution is 2.24. The van der Waals surface area contributed by atoms with E-state index in [0.717, 1.165) is 38.2 Å². The van der Waals surface area contributed by atoms with Crippen LogP contribution in [-0.2, 0) is 20.9 Å². The van der Waals surface area contributed by atoms with E-state index in [1.54, 1.807) is 17.3 Å².